The number of hydrogen-bond acceptors (Lipinski definition) is 3. The third-order valence-electron chi connectivity index (χ3n) is 4.85. The highest BCUT2D eigenvalue weighted by Gasteiger charge is 2.18. The van der Waals surface area contributed by atoms with E-state index in [-0.39, 0.29) is 11.7 Å². The molecule has 150 valence electrons. The second-order valence-electron chi connectivity index (χ2n) is 7.10. The van der Waals surface area contributed by atoms with Gasteiger partial charge in [-0.1, -0.05) is 30.3 Å². The molecule has 6 heteroatoms. The van der Waals surface area contributed by atoms with Gasteiger partial charge in [-0.2, -0.15) is 0 Å². The normalized spacial score (nSPS) is 10.8. The van der Waals surface area contributed by atoms with Crippen LogP contribution in [-0.4, -0.2) is 20.4 Å². The smallest absolute Gasteiger partial charge is 0.258 e. The Labute approximate surface area is 174 Å². The monoisotopic (exact) mass is 400 g/mol. The van der Waals surface area contributed by atoms with Crippen LogP contribution in [0.15, 0.2) is 73.1 Å². The summed E-state index contributed by atoms with van der Waals surface area (Å²) < 4.78 is 15.3. The lowest BCUT2D eigenvalue weighted by Crippen LogP contribution is -2.17. The average molecular weight is 400 g/mol. The fourth-order valence-electron chi connectivity index (χ4n) is 3.33. The van der Waals surface area contributed by atoms with Gasteiger partial charge in [0.2, 0.25) is 0 Å². The molecule has 1 amide bonds. The van der Waals surface area contributed by atoms with Crippen molar-refractivity contribution >= 4 is 11.7 Å². The van der Waals surface area contributed by atoms with E-state index in [2.05, 4.69) is 15.3 Å². The lowest BCUT2D eigenvalue weighted by atomic mass is 10.1. The number of hydrogen-bond donors (Lipinski definition) is 1. The average Bonchev–Trinajstić information content (AvgIpc) is 3.11. The molecule has 2 heterocycles. The van der Waals surface area contributed by atoms with E-state index in [1.165, 1.54) is 12.1 Å². The number of halogens is 1. The van der Waals surface area contributed by atoms with E-state index in [9.17, 15) is 9.18 Å². The molecule has 0 bridgehead atoms. The number of pyridine rings is 1. The van der Waals surface area contributed by atoms with Crippen molar-refractivity contribution in [3.63, 3.8) is 0 Å². The second-order valence-corrected chi connectivity index (χ2v) is 7.10. The zero-order valence-corrected chi connectivity index (χ0v) is 16.8. The van der Waals surface area contributed by atoms with Crippen molar-refractivity contribution < 1.29 is 9.18 Å². The predicted octanol–water partition coefficient (Wildman–Crippen LogP) is 5.00. The maximum atomic E-state index is 13.4. The number of anilines is 1. The van der Waals surface area contributed by atoms with Gasteiger partial charge in [-0.3, -0.25) is 9.78 Å². The Kier molecular flexibility index (Phi) is 5.39. The molecule has 0 aliphatic carbocycles. The Morgan fingerprint density at radius 3 is 2.43 bits per heavy atom. The molecule has 30 heavy (non-hydrogen) atoms. The Balaban J connectivity index is 1.73. The van der Waals surface area contributed by atoms with Crippen LogP contribution in [-0.2, 0) is 6.54 Å². The zero-order chi connectivity index (χ0) is 21.1. The van der Waals surface area contributed by atoms with Crippen molar-refractivity contribution in [2.24, 2.45) is 0 Å². The van der Waals surface area contributed by atoms with Crippen LogP contribution in [0.2, 0.25) is 0 Å². The van der Waals surface area contributed by atoms with Gasteiger partial charge in [-0.05, 0) is 55.8 Å². The first kappa shape index (κ1) is 19.5. The lowest BCUT2D eigenvalue weighted by molar-refractivity contribution is 0.102. The molecule has 4 rings (SSSR count). The number of nitrogens with zero attached hydrogens (tertiary/aromatic N) is 3. The summed E-state index contributed by atoms with van der Waals surface area (Å²) in [6, 6.07) is 19.5. The van der Waals surface area contributed by atoms with Gasteiger partial charge < -0.3 is 9.88 Å². The van der Waals surface area contributed by atoms with E-state index in [0.29, 0.717) is 29.3 Å². The summed E-state index contributed by atoms with van der Waals surface area (Å²) in [6.07, 6.45) is 1.68. The van der Waals surface area contributed by atoms with Crippen LogP contribution in [0.1, 0.15) is 27.3 Å². The first-order valence-corrected chi connectivity index (χ1v) is 9.62. The quantitative estimate of drug-likeness (QED) is 0.513. The molecule has 0 radical (unpaired) electrons. The van der Waals surface area contributed by atoms with E-state index < -0.39 is 0 Å². The van der Waals surface area contributed by atoms with Crippen LogP contribution < -0.4 is 5.32 Å². The topological polar surface area (TPSA) is 59.8 Å². The molecule has 0 atom stereocenters. The van der Waals surface area contributed by atoms with Gasteiger partial charge in [0.05, 0.1) is 24.1 Å². The number of amides is 1. The summed E-state index contributed by atoms with van der Waals surface area (Å²) >= 11 is 0. The number of nitrogens with one attached hydrogen (secondary N) is 1. The molecule has 2 aromatic carbocycles. The van der Waals surface area contributed by atoms with Gasteiger partial charge in [-0.25, -0.2) is 9.37 Å². The van der Waals surface area contributed by atoms with Gasteiger partial charge in [0, 0.05) is 11.3 Å². The van der Waals surface area contributed by atoms with Crippen molar-refractivity contribution in [3.05, 3.63) is 101 Å². The van der Waals surface area contributed by atoms with Crippen molar-refractivity contribution in [1.82, 2.24) is 14.5 Å². The van der Waals surface area contributed by atoms with Crippen molar-refractivity contribution in [2.75, 3.05) is 5.32 Å². The summed E-state index contributed by atoms with van der Waals surface area (Å²) in [6.45, 7) is 4.23. The molecule has 0 aliphatic rings. The molecule has 0 saturated heterocycles. The van der Waals surface area contributed by atoms with Crippen molar-refractivity contribution in [3.8, 4) is 11.3 Å². The molecule has 0 saturated carbocycles. The molecular formula is C24H21FN4O. The highest BCUT2D eigenvalue weighted by molar-refractivity contribution is 6.06. The third-order valence-corrected chi connectivity index (χ3v) is 4.85. The third kappa shape index (κ3) is 4.12. The Morgan fingerprint density at radius 2 is 1.73 bits per heavy atom. The van der Waals surface area contributed by atoms with Gasteiger partial charge in [-0.15, -0.1) is 0 Å². The molecule has 0 aliphatic heterocycles. The first-order chi connectivity index (χ1) is 14.5. The minimum atomic E-state index is -0.325. The minimum Gasteiger partial charge on any atom is -0.312 e. The van der Waals surface area contributed by atoms with Crippen LogP contribution >= 0.6 is 0 Å². The lowest BCUT2D eigenvalue weighted by Gasteiger charge is -2.13. The molecule has 0 spiro atoms. The number of carbonyl (C=O) groups excluding carboxylic acids is 1. The van der Waals surface area contributed by atoms with Crippen LogP contribution in [0.5, 0.6) is 0 Å². The predicted molar refractivity (Wildman–Crippen MR) is 115 cm³/mol. The van der Waals surface area contributed by atoms with Gasteiger partial charge in [0.1, 0.15) is 17.3 Å². The fourth-order valence-corrected chi connectivity index (χ4v) is 3.33. The molecule has 0 fully saturated rings. The molecule has 5 nitrogen and oxygen atoms in total. The van der Waals surface area contributed by atoms with Gasteiger partial charge >= 0.3 is 0 Å². The molecule has 4 aromatic rings. The molecular weight excluding hydrogens is 379 g/mol. The molecule has 2 aromatic heterocycles. The number of benzene rings is 2. The maximum absolute atomic E-state index is 13.4. The van der Waals surface area contributed by atoms with Crippen molar-refractivity contribution in [2.45, 2.75) is 20.4 Å². The Morgan fingerprint density at radius 1 is 1.00 bits per heavy atom. The van der Waals surface area contributed by atoms with Crippen LogP contribution in [0, 0.1) is 19.7 Å². The number of aryl methyl sites for hydroxylation is 2. The van der Waals surface area contributed by atoms with Crippen LogP contribution in [0.25, 0.3) is 11.3 Å². The summed E-state index contributed by atoms with van der Waals surface area (Å²) in [5.41, 5.74) is 4.38. The SMILES string of the molecule is Cc1ccc(C(=O)Nc2c(-c3ccc(F)cc3)ncn2Cc2ccccc2)c(C)n1. The molecule has 1 N–H and O–H groups in total. The standard InChI is InChI=1S/C24H21FN4O/c1-16-8-13-21(17(2)27-16)24(30)28-23-22(19-9-11-20(25)12-10-19)26-15-29(23)14-18-6-4-3-5-7-18/h3-13,15H,14H2,1-2H3,(H,28,30). The van der Waals surface area contributed by atoms with Crippen molar-refractivity contribution in [1.29, 1.82) is 0 Å². The second kappa shape index (κ2) is 8.29. The Bertz CT molecular complexity index is 1180. The summed E-state index contributed by atoms with van der Waals surface area (Å²) in [5.74, 6) is -0.0389. The highest BCUT2D eigenvalue weighted by Crippen LogP contribution is 2.28. The van der Waals surface area contributed by atoms with E-state index in [1.54, 1.807) is 24.5 Å². The number of rotatable bonds is 5. The number of carbonyl (C=O) groups is 1. The minimum absolute atomic E-state index is 0.266. The van der Waals surface area contributed by atoms with Crippen LogP contribution in [0.4, 0.5) is 10.2 Å². The number of aromatic nitrogens is 3. The summed E-state index contributed by atoms with van der Waals surface area (Å²) in [4.78, 5) is 21.9. The molecule has 0 unspecified atom stereocenters. The van der Waals surface area contributed by atoms with E-state index in [4.69, 9.17) is 0 Å². The zero-order valence-electron chi connectivity index (χ0n) is 16.8. The Hall–Kier alpha value is -3.80. The largest absolute Gasteiger partial charge is 0.312 e. The van der Waals surface area contributed by atoms with E-state index in [0.717, 1.165) is 16.8 Å². The number of imidazole rings is 1. The maximum Gasteiger partial charge on any atom is 0.258 e. The summed E-state index contributed by atoms with van der Waals surface area (Å²) in [5, 5.41) is 3.00. The first-order valence-electron chi connectivity index (χ1n) is 9.62. The van der Waals surface area contributed by atoms with Gasteiger partial charge in [0.15, 0.2) is 0 Å². The highest BCUT2D eigenvalue weighted by atomic mass is 19.1. The van der Waals surface area contributed by atoms with E-state index in [1.807, 2.05) is 54.8 Å². The fraction of sp³-hybridized carbons (Fsp3) is 0.125. The summed E-state index contributed by atoms with van der Waals surface area (Å²) in [7, 11) is 0. The van der Waals surface area contributed by atoms with E-state index >= 15 is 0 Å². The van der Waals surface area contributed by atoms with Crippen LogP contribution in [0.3, 0.4) is 0 Å². The van der Waals surface area contributed by atoms with Gasteiger partial charge in [0.25, 0.3) is 5.91 Å².